The fourth-order valence-corrected chi connectivity index (χ4v) is 3.37. The molecule has 0 saturated heterocycles. The highest BCUT2D eigenvalue weighted by molar-refractivity contribution is 7.19. The van der Waals surface area contributed by atoms with Crippen molar-refractivity contribution in [1.82, 2.24) is 14.3 Å². The molecule has 2 heterocycles. The molecule has 0 saturated carbocycles. The van der Waals surface area contributed by atoms with E-state index in [2.05, 4.69) is 25.8 Å². The van der Waals surface area contributed by atoms with E-state index in [-0.39, 0.29) is 11.3 Å². The summed E-state index contributed by atoms with van der Waals surface area (Å²) in [6.07, 6.45) is 1.97. The maximum absolute atomic E-state index is 12.5. The Morgan fingerprint density at radius 3 is 2.58 bits per heavy atom. The molecule has 0 aromatic carbocycles. The number of amides is 1. The molecule has 0 radical (unpaired) electrons. The summed E-state index contributed by atoms with van der Waals surface area (Å²) in [5.74, 6) is 0.0839. The Hall–Kier alpha value is -1.36. The Bertz CT molecular complexity index is 618. The van der Waals surface area contributed by atoms with Gasteiger partial charge in [0.05, 0.1) is 5.69 Å². The SMILES string of the molecule is Cc1cn2c(C)c(C(=O)N(C)CC(C)(C)C)sc2n1. The van der Waals surface area contributed by atoms with E-state index in [9.17, 15) is 4.79 Å². The maximum Gasteiger partial charge on any atom is 0.265 e. The number of aromatic nitrogens is 2. The summed E-state index contributed by atoms with van der Waals surface area (Å²) in [7, 11) is 1.86. The van der Waals surface area contributed by atoms with Gasteiger partial charge in [-0.05, 0) is 19.3 Å². The van der Waals surface area contributed by atoms with Crippen LogP contribution in [0.1, 0.15) is 41.8 Å². The Morgan fingerprint density at radius 1 is 1.42 bits per heavy atom. The average molecular weight is 279 g/mol. The van der Waals surface area contributed by atoms with Crippen LogP contribution < -0.4 is 0 Å². The van der Waals surface area contributed by atoms with Gasteiger partial charge in [-0.3, -0.25) is 9.20 Å². The fourth-order valence-electron chi connectivity index (χ4n) is 2.22. The van der Waals surface area contributed by atoms with E-state index in [1.807, 2.05) is 31.5 Å². The molecule has 5 heteroatoms. The lowest BCUT2D eigenvalue weighted by atomic mass is 9.96. The first-order valence-electron chi connectivity index (χ1n) is 6.39. The molecule has 0 unspecified atom stereocenters. The zero-order valence-electron chi connectivity index (χ0n) is 12.4. The third-order valence-electron chi connectivity index (χ3n) is 2.93. The van der Waals surface area contributed by atoms with Crippen molar-refractivity contribution >= 4 is 22.2 Å². The van der Waals surface area contributed by atoms with Gasteiger partial charge in [0, 0.05) is 25.5 Å². The van der Waals surface area contributed by atoms with E-state index in [4.69, 9.17) is 0 Å². The van der Waals surface area contributed by atoms with Gasteiger partial charge in [0.15, 0.2) is 4.96 Å². The van der Waals surface area contributed by atoms with Gasteiger partial charge in [-0.25, -0.2) is 4.98 Å². The normalized spacial score (nSPS) is 12.1. The largest absolute Gasteiger partial charge is 0.340 e. The zero-order valence-corrected chi connectivity index (χ0v) is 13.3. The number of aryl methyl sites for hydroxylation is 2. The highest BCUT2D eigenvalue weighted by Crippen LogP contribution is 2.25. The first-order valence-corrected chi connectivity index (χ1v) is 7.21. The van der Waals surface area contributed by atoms with Crippen LogP contribution in [0, 0.1) is 19.3 Å². The standard InChI is InChI=1S/C14H21N3OS/c1-9-7-17-10(2)11(19-13(17)15-9)12(18)16(6)8-14(3,4)5/h7H,8H2,1-6H3. The molecule has 19 heavy (non-hydrogen) atoms. The molecule has 4 nitrogen and oxygen atoms in total. The second kappa shape index (κ2) is 4.63. The van der Waals surface area contributed by atoms with Crippen LogP contribution in [0.3, 0.4) is 0 Å². The van der Waals surface area contributed by atoms with E-state index in [0.29, 0.717) is 0 Å². The molecule has 0 aliphatic carbocycles. The minimum Gasteiger partial charge on any atom is -0.340 e. The summed E-state index contributed by atoms with van der Waals surface area (Å²) in [5, 5.41) is 0. The lowest BCUT2D eigenvalue weighted by Crippen LogP contribution is -2.34. The first kappa shape index (κ1) is 14.1. The monoisotopic (exact) mass is 279 g/mol. The number of carbonyl (C=O) groups is 1. The number of carbonyl (C=O) groups excluding carboxylic acids is 1. The van der Waals surface area contributed by atoms with Crippen molar-refractivity contribution in [1.29, 1.82) is 0 Å². The van der Waals surface area contributed by atoms with Gasteiger partial charge in [0.1, 0.15) is 4.88 Å². The molecule has 0 aliphatic rings. The van der Waals surface area contributed by atoms with E-state index < -0.39 is 0 Å². The van der Waals surface area contributed by atoms with Crippen molar-refractivity contribution in [2.24, 2.45) is 5.41 Å². The van der Waals surface area contributed by atoms with Crippen LogP contribution in [0.4, 0.5) is 0 Å². The van der Waals surface area contributed by atoms with Gasteiger partial charge in [-0.15, -0.1) is 0 Å². The molecule has 2 aromatic rings. The van der Waals surface area contributed by atoms with E-state index in [1.54, 1.807) is 4.90 Å². The first-order chi connectivity index (χ1) is 8.69. The molecule has 0 bridgehead atoms. The molecule has 0 fully saturated rings. The van der Waals surface area contributed by atoms with Crippen LogP contribution in [0.2, 0.25) is 0 Å². The molecule has 0 atom stereocenters. The topological polar surface area (TPSA) is 37.6 Å². The van der Waals surface area contributed by atoms with Crippen molar-refractivity contribution < 1.29 is 4.79 Å². The van der Waals surface area contributed by atoms with Gasteiger partial charge in [0.2, 0.25) is 0 Å². The molecular formula is C14H21N3OS. The van der Waals surface area contributed by atoms with Crippen LogP contribution in [0.15, 0.2) is 6.20 Å². The second-order valence-corrected chi connectivity index (χ2v) is 7.25. The number of nitrogens with zero attached hydrogens (tertiary/aromatic N) is 3. The van der Waals surface area contributed by atoms with Crippen molar-refractivity contribution in [3.63, 3.8) is 0 Å². The molecule has 1 amide bonds. The van der Waals surface area contributed by atoms with Crippen molar-refractivity contribution in [3.05, 3.63) is 22.5 Å². The highest BCUT2D eigenvalue weighted by atomic mass is 32.1. The van der Waals surface area contributed by atoms with E-state index in [0.717, 1.165) is 27.8 Å². The average Bonchev–Trinajstić information content (AvgIpc) is 2.74. The van der Waals surface area contributed by atoms with Crippen LogP contribution in [0.5, 0.6) is 0 Å². The molecule has 2 aromatic heterocycles. The number of hydrogen-bond acceptors (Lipinski definition) is 3. The predicted molar refractivity (Wildman–Crippen MR) is 79.0 cm³/mol. The minimum absolute atomic E-state index is 0.0839. The van der Waals surface area contributed by atoms with Crippen molar-refractivity contribution in [2.45, 2.75) is 34.6 Å². The summed E-state index contributed by atoms with van der Waals surface area (Å²) in [5.41, 5.74) is 2.06. The van der Waals surface area contributed by atoms with Crippen molar-refractivity contribution in [2.75, 3.05) is 13.6 Å². The zero-order chi connectivity index (χ0) is 14.4. The number of hydrogen-bond donors (Lipinski definition) is 0. The predicted octanol–water partition coefficient (Wildman–Crippen LogP) is 3.13. The smallest absolute Gasteiger partial charge is 0.265 e. The summed E-state index contributed by atoms with van der Waals surface area (Å²) < 4.78 is 2.00. The third-order valence-corrected chi connectivity index (χ3v) is 4.07. The number of rotatable bonds is 2. The number of thiazole rings is 1. The summed E-state index contributed by atoms with van der Waals surface area (Å²) in [6, 6.07) is 0. The maximum atomic E-state index is 12.5. The summed E-state index contributed by atoms with van der Waals surface area (Å²) in [4.78, 5) is 20.4. The van der Waals surface area contributed by atoms with Gasteiger partial charge in [-0.1, -0.05) is 32.1 Å². The lowest BCUT2D eigenvalue weighted by Gasteiger charge is -2.26. The Morgan fingerprint density at radius 2 is 2.05 bits per heavy atom. The van der Waals surface area contributed by atoms with Gasteiger partial charge in [0.25, 0.3) is 5.91 Å². The molecule has 0 spiro atoms. The minimum atomic E-state index is 0.0839. The molecule has 104 valence electrons. The molecule has 0 aliphatic heterocycles. The van der Waals surface area contributed by atoms with Gasteiger partial charge in [-0.2, -0.15) is 0 Å². The van der Waals surface area contributed by atoms with Crippen LogP contribution in [0.25, 0.3) is 4.96 Å². The fraction of sp³-hybridized carbons (Fsp3) is 0.571. The van der Waals surface area contributed by atoms with Gasteiger partial charge < -0.3 is 4.90 Å². The van der Waals surface area contributed by atoms with Crippen LogP contribution in [-0.2, 0) is 0 Å². The number of imidazole rings is 1. The van der Waals surface area contributed by atoms with Crippen LogP contribution in [-0.4, -0.2) is 33.8 Å². The summed E-state index contributed by atoms with van der Waals surface area (Å²) in [6.45, 7) is 11.1. The summed E-state index contributed by atoms with van der Waals surface area (Å²) >= 11 is 1.47. The highest BCUT2D eigenvalue weighted by Gasteiger charge is 2.23. The number of fused-ring (bicyclic) bond motifs is 1. The van der Waals surface area contributed by atoms with Crippen molar-refractivity contribution in [3.8, 4) is 0 Å². The quantitative estimate of drug-likeness (QED) is 0.847. The Labute approximate surface area is 118 Å². The van der Waals surface area contributed by atoms with E-state index in [1.165, 1.54) is 11.3 Å². The third kappa shape index (κ3) is 2.81. The van der Waals surface area contributed by atoms with E-state index >= 15 is 0 Å². The second-order valence-electron chi connectivity index (χ2n) is 6.27. The van der Waals surface area contributed by atoms with Crippen LogP contribution >= 0.6 is 11.3 Å². The molecule has 2 rings (SSSR count). The van der Waals surface area contributed by atoms with Gasteiger partial charge >= 0.3 is 0 Å². The lowest BCUT2D eigenvalue weighted by molar-refractivity contribution is 0.0749. The Kier molecular flexibility index (Phi) is 3.43. The molecule has 0 N–H and O–H groups in total. The molecular weight excluding hydrogens is 258 g/mol. The Balaban J connectivity index is 2.31.